The average molecular weight is 395 g/mol. The number of nitrogens with zero attached hydrogens (tertiary/aromatic N) is 1. The van der Waals surface area contributed by atoms with E-state index < -0.39 is 29.4 Å². The van der Waals surface area contributed by atoms with Gasteiger partial charge in [-0.2, -0.15) is 13.2 Å². The van der Waals surface area contributed by atoms with Gasteiger partial charge in [0.2, 0.25) is 0 Å². The van der Waals surface area contributed by atoms with Crippen molar-refractivity contribution in [2.24, 2.45) is 0 Å². The highest BCUT2D eigenvalue weighted by Gasteiger charge is 2.40. The zero-order valence-corrected chi connectivity index (χ0v) is 15.8. The van der Waals surface area contributed by atoms with Crippen molar-refractivity contribution in [3.8, 4) is 0 Å². The van der Waals surface area contributed by atoms with Crippen LogP contribution >= 0.6 is 0 Å². The predicted molar refractivity (Wildman–Crippen MR) is 96.7 cm³/mol. The molecule has 0 N–H and O–H groups in total. The van der Waals surface area contributed by atoms with E-state index in [-0.39, 0.29) is 23.8 Å². The highest BCUT2D eigenvalue weighted by molar-refractivity contribution is 5.90. The summed E-state index contributed by atoms with van der Waals surface area (Å²) < 4.78 is 60.1. The van der Waals surface area contributed by atoms with Crippen molar-refractivity contribution >= 4 is 5.97 Å². The van der Waals surface area contributed by atoms with Crippen LogP contribution in [-0.4, -0.2) is 31.6 Å². The monoisotopic (exact) mass is 395 g/mol. The van der Waals surface area contributed by atoms with E-state index in [1.54, 1.807) is 27.1 Å². The van der Waals surface area contributed by atoms with Crippen LogP contribution < -0.4 is 0 Å². The van der Waals surface area contributed by atoms with E-state index >= 15 is 0 Å². The summed E-state index contributed by atoms with van der Waals surface area (Å²) in [5, 5.41) is 0. The molecule has 1 aliphatic rings. The molecular formula is C21H21F4NO2. The summed E-state index contributed by atoms with van der Waals surface area (Å²) >= 11 is 0. The molecule has 2 aromatic carbocycles. The Morgan fingerprint density at radius 1 is 1.14 bits per heavy atom. The summed E-state index contributed by atoms with van der Waals surface area (Å²) in [5.74, 6) is -2.15. The Balaban J connectivity index is 2.18. The number of halogens is 4. The van der Waals surface area contributed by atoms with Gasteiger partial charge in [0, 0.05) is 12.0 Å². The smallest absolute Gasteiger partial charge is 0.416 e. The predicted octanol–water partition coefficient (Wildman–Crippen LogP) is 5.16. The molecule has 0 bridgehead atoms. The first kappa shape index (κ1) is 20.3. The van der Waals surface area contributed by atoms with Crippen LogP contribution in [0.2, 0.25) is 0 Å². The van der Waals surface area contributed by atoms with Gasteiger partial charge in [0.15, 0.2) is 0 Å². The molecule has 0 unspecified atom stereocenters. The molecule has 3 rings (SSSR count). The molecular weight excluding hydrogens is 374 g/mol. The molecule has 7 heteroatoms. The number of ether oxygens (including phenoxy) is 1. The first-order valence-electron chi connectivity index (χ1n) is 8.98. The first-order chi connectivity index (χ1) is 13.1. The van der Waals surface area contributed by atoms with Crippen molar-refractivity contribution in [2.75, 3.05) is 20.7 Å². The van der Waals surface area contributed by atoms with Crippen LogP contribution in [0.4, 0.5) is 17.6 Å². The second-order valence-electron chi connectivity index (χ2n) is 7.03. The van der Waals surface area contributed by atoms with Crippen LogP contribution in [0.1, 0.15) is 57.9 Å². The third kappa shape index (κ3) is 3.63. The number of fused-ring (bicyclic) bond motifs is 1. The Hall–Kier alpha value is -2.41. The number of rotatable bonds is 4. The summed E-state index contributed by atoms with van der Waals surface area (Å²) in [6, 6.07) is 7.75. The number of benzene rings is 2. The molecule has 1 aliphatic carbocycles. The fourth-order valence-corrected chi connectivity index (χ4v) is 3.88. The van der Waals surface area contributed by atoms with E-state index in [2.05, 4.69) is 0 Å². The molecule has 0 heterocycles. The minimum Gasteiger partial charge on any atom is -0.462 e. The SMILES string of the molecule is CCOC(=O)c1cc2c(cc1F)[C@@H](N(C)C)C[C@@H]2c1ccccc1C(F)(F)F. The largest absolute Gasteiger partial charge is 0.462 e. The van der Waals surface area contributed by atoms with Gasteiger partial charge in [0.25, 0.3) is 0 Å². The Morgan fingerprint density at radius 3 is 2.43 bits per heavy atom. The fourth-order valence-electron chi connectivity index (χ4n) is 3.88. The highest BCUT2D eigenvalue weighted by Crippen LogP contribution is 2.49. The highest BCUT2D eigenvalue weighted by atomic mass is 19.4. The molecule has 0 saturated heterocycles. The fraction of sp³-hybridized carbons (Fsp3) is 0.381. The maximum atomic E-state index is 14.6. The molecule has 2 aromatic rings. The first-order valence-corrected chi connectivity index (χ1v) is 8.98. The van der Waals surface area contributed by atoms with Crippen molar-refractivity contribution in [1.82, 2.24) is 4.90 Å². The second kappa shape index (κ2) is 7.54. The van der Waals surface area contributed by atoms with Crippen molar-refractivity contribution < 1.29 is 27.1 Å². The third-order valence-corrected chi connectivity index (χ3v) is 5.13. The van der Waals surface area contributed by atoms with Crippen LogP contribution in [-0.2, 0) is 10.9 Å². The van der Waals surface area contributed by atoms with Gasteiger partial charge in [-0.3, -0.25) is 0 Å². The van der Waals surface area contributed by atoms with Gasteiger partial charge in [0.05, 0.1) is 17.7 Å². The molecule has 0 amide bonds. The summed E-state index contributed by atoms with van der Waals surface area (Å²) in [4.78, 5) is 13.9. The van der Waals surface area contributed by atoms with Gasteiger partial charge >= 0.3 is 12.1 Å². The molecule has 0 aromatic heterocycles. The topological polar surface area (TPSA) is 29.5 Å². The molecule has 28 heavy (non-hydrogen) atoms. The summed E-state index contributed by atoms with van der Waals surface area (Å²) in [7, 11) is 3.59. The van der Waals surface area contributed by atoms with Crippen LogP contribution in [0.5, 0.6) is 0 Å². The molecule has 3 nitrogen and oxygen atoms in total. The van der Waals surface area contributed by atoms with E-state index in [0.717, 1.165) is 6.07 Å². The Morgan fingerprint density at radius 2 is 1.82 bits per heavy atom. The number of carbonyl (C=O) groups excluding carboxylic acids is 1. The van der Waals surface area contributed by atoms with Crippen molar-refractivity contribution in [3.63, 3.8) is 0 Å². The van der Waals surface area contributed by atoms with E-state index in [1.807, 2.05) is 4.90 Å². The molecule has 0 radical (unpaired) electrons. The van der Waals surface area contributed by atoms with Crippen molar-refractivity contribution in [1.29, 1.82) is 0 Å². The molecule has 150 valence electrons. The zero-order chi connectivity index (χ0) is 20.6. The summed E-state index contributed by atoms with van der Waals surface area (Å²) in [6.45, 7) is 1.68. The van der Waals surface area contributed by atoms with E-state index in [0.29, 0.717) is 17.5 Å². The van der Waals surface area contributed by atoms with Crippen LogP contribution in [0.3, 0.4) is 0 Å². The van der Waals surface area contributed by atoms with Gasteiger partial charge in [-0.25, -0.2) is 9.18 Å². The standard InChI is InChI=1S/C21H21F4NO2/c1-4-28-20(27)16-9-13-14(11-19(26(2)3)15(13)10-18(16)22)12-7-5-6-8-17(12)21(23,24)25/h5-10,14,19H,4,11H2,1-3H3/t14-,19+/m1/s1. The number of carbonyl (C=O) groups is 1. The summed E-state index contributed by atoms with van der Waals surface area (Å²) in [5.41, 5.74) is 0.279. The lowest BCUT2D eigenvalue weighted by atomic mass is 9.88. The quantitative estimate of drug-likeness (QED) is 0.529. The van der Waals surface area contributed by atoms with Crippen molar-refractivity contribution in [2.45, 2.75) is 31.5 Å². The van der Waals surface area contributed by atoms with Gasteiger partial charge in [-0.1, -0.05) is 18.2 Å². The Labute approximate surface area is 160 Å². The Bertz CT molecular complexity index is 892. The lowest BCUT2D eigenvalue weighted by Crippen LogP contribution is -2.18. The van der Waals surface area contributed by atoms with Crippen LogP contribution in [0, 0.1) is 5.82 Å². The average Bonchev–Trinajstić information content (AvgIpc) is 2.99. The zero-order valence-electron chi connectivity index (χ0n) is 15.8. The lowest BCUT2D eigenvalue weighted by Gasteiger charge is -2.21. The third-order valence-electron chi connectivity index (χ3n) is 5.13. The lowest BCUT2D eigenvalue weighted by molar-refractivity contribution is -0.138. The number of hydrogen-bond donors (Lipinski definition) is 0. The van der Waals surface area contributed by atoms with Gasteiger partial charge in [-0.05, 0) is 62.3 Å². The molecule has 0 fully saturated rings. The van der Waals surface area contributed by atoms with E-state index in [4.69, 9.17) is 4.74 Å². The normalized spacial score (nSPS) is 19.0. The Kier molecular flexibility index (Phi) is 5.48. The minimum absolute atomic E-state index is 0.0794. The summed E-state index contributed by atoms with van der Waals surface area (Å²) in [6.07, 6.45) is -4.14. The van der Waals surface area contributed by atoms with Crippen LogP contribution in [0.15, 0.2) is 36.4 Å². The maximum Gasteiger partial charge on any atom is 0.416 e. The van der Waals surface area contributed by atoms with Gasteiger partial charge in [0.1, 0.15) is 5.82 Å². The molecule has 2 atom stereocenters. The molecule has 0 aliphatic heterocycles. The number of hydrogen-bond acceptors (Lipinski definition) is 3. The molecule has 0 saturated carbocycles. The van der Waals surface area contributed by atoms with Gasteiger partial charge < -0.3 is 9.64 Å². The van der Waals surface area contributed by atoms with Crippen molar-refractivity contribution in [3.05, 3.63) is 70.0 Å². The van der Waals surface area contributed by atoms with Gasteiger partial charge in [-0.15, -0.1) is 0 Å². The van der Waals surface area contributed by atoms with E-state index in [1.165, 1.54) is 24.3 Å². The second-order valence-corrected chi connectivity index (χ2v) is 7.03. The maximum absolute atomic E-state index is 14.6. The molecule has 0 spiro atoms. The van der Waals surface area contributed by atoms with Crippen LogP contribution in [0.25, 0.3) is 0 Å². The number of esters is 1. The van der Waals surface area contributed by atoms with E-state index in [9.17, 15) is 22.4 Å². The minimum atomic E-state index is -4.50. The number of alkyl halides is 3.